The van der Waals surface area contributed by atoms with Crippen LogP contribution in [0, 0.1) is 11.3 Å². The van der Waals surface area contributed by atoms with Crippen molar-refractivity contribution in [2.24, 2.45) is 11.3 Å². The van der Waals surface area contributed by atoms with E-state index in [0.29, 0.717) is 5.92 Å². The van der Waals surface area contributed by atoms with Crippen LogP contribution in [-0.4, -0.2) is 30.3 Å². The van der Waals surface area contributed by atoms with Crippen molar-refractivity contribution in [3.05, 3.63) is 34.9 Å². The summed E-state index contributed by atoms with van der Waals surface area (Å²) >= 11 is 0. The Bertz CT molecular complexity index is 912. The van der Waals surface area contributed by atoms with E-state index >= 15 is 0 Å². The normalized spacial score (nSPS) is 28.9. The number of rotatable bonds is 5. The van der Waals surface area contributed by atoms with Gasteiger partial charge < -0.3 is 14.6 Å². The van der Waals surface area contributed by atoms with Crippen molar-refractivity contribution in [1.29, 1.82) is 0 Å². The number of carbonyl (C=O) groups is 2. The van der Waals surface area contributed by atoms with E-state index in [2.05, 4.69) is 39.0 Å². The van der Waals surface area contributed by atoms with Crippen molar-refractivity contribution >= 4 is 17.5 Å². The number of carboxylic acids is 1. The second-order valence-corrected chi connectivity index (χ2v) is 9.98. The molecule has 1 fully saturated rings. The van der Waals surface area contributed by atoms with Gasteiger partial charge in [-0.1, -0.05) is 32.4 Å². The summed E-state index contributed by atoms with van der Waals surface area (Å²) in [5.41, 5.74) is 5.68. The third kappa shape index (κ3) is 3.42. The zero-order valence-corrected chi connectivity index (χ0v) is 18.4. The molecule has 0 saturated heterocycles. The first-order valence-electron chi connectivity index (χ1n) is 11.0. The molecule has 0 amide bonds. The SMILES string of the molecule is COc1ccc2c(c1)C(C)(C)CC1=C2CC[C@]2(C)[C@@H]1CC[C@H]2OC(=O)CCC(=O)O. The number of aliphatic carboxylic acids is 1. The van der Waals surface area contributed by atoms with Gasteiger partial charge in [0.25, 0.3) is 0 Å². The largest absolute Gasteiger partial charge is 0.497 e. The highest BCUT2D eigenvalue weighted by molar-refractivity contribution is 5.78. The first kappa shape index (κ1) is 21.0. The van der Waals surface area contributed by atoms with Gasteiger partial charge in [0.1, 0.15) is 11.9 Å². The van der Waals surface area contributed by atoms with Crippen LogP contribution in [0.15, 0.2) is 23.8 Å². The number of fused-ring (bicyclic) bond motifs is 4. The smallest absolute Gasteiger partial charge is 0.306 e. The van der Waals surface area contributed by atoms with Gasteiger partial charge in [0.05, 0.1) is 20.0 Å². The molecule has 5 heteroatoms. The zero-order valence-electron chi connectivity index (χ0n) is 18.4. The molecule has 1 aromatic carbocycles. The van der Waals surface area contributed by atoms with Crippen molar-refractivity contribution in [3.63, 3.8) is 0 Å². The van der Waals surface area contributed by atoms with Crippen LogP contribution in [0.5, 0.6) is 5.75 Å². The second kappa shape index (κ2) is 7.44. The number of esters is 1. The van der Waals surface area contributed by atoms with E-state index in [9.17, 15) is 9.59 Å². The van der Waals surface area contributed by atoms with Crippen LogP contribution in [-0.2, 0) is 19.7 Å². The Morgan fingerprint density at radius 1 is 1.17 bits per heavy atom. The van der Waals surface area contributed by atoms with Gasteiger partial charge in [-0.2, -0.15) is 0 Å². The van der Waals surface area contributed by atoms with E-state index in [1.807, 2.05) is 0 Å². The maximum absolute atomic E-state index is 12.2. The fraction of sp³-hybridized carbons (Fsp3) is 0.600. The molecule has 3 aliphatic carbocycles. The molecular weight excluding hydrogens is 380 g/mol. The Morgan fingerprint density at radius 2 is 1.93 bits per heavy atom. The van der Waals surface area contributed by atoms with Gasteiger partial charge in [0, 0.05) is 5.41 Å². The van der Waals surface area contributed by atoms with Crippen LogP contribution in [0.3, 0.4) is 0 Å². The van der Waals surface area contributed by atoms with Crippen molar-refractivity contribution in [2.75, 3.05) is 7.11 Å². The monoisotopic (exact) mass is 412 g/mol. The van der Waals surface area contributed by atoms with E-state index in [0.717, 1.165) is 37.9 Å². The lowest BCUT2D eigenvalue weighted by molar-refractivity contribution is -0.157. The number of carboxylic acid groups (broad SMARTS) is 1. The number of allylic oxidation sites excluding steroid dienone is 2. The molecule has 0 bridgehead atoms. The molecule has 0 spiro atoms. The summed E-state index contributed by atoms with van der Waals surface area (Å²) in [6, 6.07) is 6.46. The minimum Gasteiger partial charge on any atom is -0.497 e. The minimum absolute atomic E-state index is 0.0250. The van der Waals surface area contributed by atoms with Gasteiger partial charge in [-0.05, 0) is 72.3 Å². The summed E-state index contributed by atoms with van der Waals surface area (Å²) in [4.78, 5) is 23.0. The average molecular weight is 413 g/mol. The third-order valence-corrected chi connectivity index (χ3v) is 7.70. The Balaban J connectivity index is 1.62. The minimum atomic E-state index is -0.963. The predicted molar refractivity (Wildman–Crippen MR) is 114 cm³/mol. The summed E-state index contributed by atoms with van der Waals surface area (Å²) in [7, 11) is 1.71. The average Bonchev–Trinajstić information content (AvgIpc) is 3.02. The zero-order chi connectivity index (χ0) is 21.7. The standard InChI is InChI=1S/C25H32O5/c1-24(2)14-18-16(17-6-5-15(29-4)13-20(17)24)11-12-25(3)19(18)7-8-21(25)30-23(28)10-9-22(26)27/h5-6,13,19,21H,7-12,14H2,1-4H3,(H,26,27)/t19-,21-,25-/m1/s1. The van der Waals surface area contributed by atoms with Gasteiger partial charge in [-0.3, -0.25) is 9.59 Å². The van der Waals surface area contributed by atoms with Crippen LogP contribution in [0.4, 0.5) is 0 Å². The molecule has 1 N–H and O–H groups in total. The fourth-order valence-electron chi connectivity index (χ4n) is 6.08. The van der Waals surface area contributed by atoms with E-state index < -0.39 is 5.97 Å². The van der Waals surface area contributed by atoms with E-state index in [-0.39, 0.29) is 35.7 Å². The molecule has 30 heavy (non-hydrogen) atoms. The van der Waals surface area contributed by atoms with Crippen LogP contribution in [0.1, 0.15) is 76.8 Å². The second-order valence-electron chi connectivity index (χ2n) is 9.98. The lowest BCUT2D eigenvalue weighted by Gasteiger charge is -2.47. The van der Waals surface area contributed by atoms with Crippen molar-refractivity contribution in [1.82, 2.24) is 0 Å². The molecule has 0 heterocycles. The van der Waals surface area contributed by atoms with Gasteiger partial charge in [0.2, 0.25) is 0 Å². The quantitative estimate of drug-likeness (QED) is 0.680. The number of benzene rings is 1. The Labute approximate surface area is 178 Å². The molecule has 3 aliphatic rings. The fourth-order valence-corrected chi connectivity index (χ4v) is 6.08. The molecular formula is C25H32O5. The van der Waals surface area contributed by atoms with Crippen LogP contribution < -0.4 is 4.74 Å². The Kier molecular flexibility index (Phi) is 5.19. The number of ether oxygens (including phenoxy) is 2. The molecule has 0 radical (unpaired) electrons. The molecule has 1 saturated carbocycles. The van der Waals surface area contributed by atoms with E-state index in [4.69, 9.17) is 14.6 Å². The Morgan fingerprint density at radius 3 is 2.63 bits per heavy atom. The van der Waals surface area contributed by atoms with Gasteiger partial charge >= 0.3 is 11.9 Å². The molecule has 3 atom stereocenters. The summed E-state index contributed by atoms with van der Waals surface area (Å²) in [6.07, 6.45) is 4.51. The van der Waals surface area contributed by atoms with Crippen molar-refractivity contribution < 1.29 is 24.2 Å². The first-order chi connectivity index (χ1) is 14.2. The van der Waals surface area contributed by atoms with Gasteiger partial charge in [-0.15, -0.1) is 0 Å². The Hall–Kier alpha value is -2.30. The van der Waals surface area contributed by atoms with Gasteiger partial charge in [-0.25, -0.2) is 0 Å². The van der Waals surface area contributed by atoms with Crippen LogP contribution in [0.2, 0.25) is 0 Å². The van der Waals surface area contributed by atoms with E-state index in [1.165, 1.54) is 22.3 Å². The van der Waals surface area contributed by atoms with Crippen molar-refractivity contribution in [2.45, 2.75) is 77.2 Å². The lowest BCUT2D eigenvalue weighted by atomic mass is 9.58. The van der Waals surface area contributed by atoms with Crippen LogP contribution >= 0.6 is 0 Å². The van der Waals surface area contributed by atoms with Crippen LogP contribution in [0.25, 0.3) is 5.57 Å². The maximum Gasteiger partial charge on any atom is 0.306 e. The number of hydrogen-bond donors (Lipinski definition) is 1. The lowest BCUT2D eigenvalue weighted by Crippen LogP contribution is -2.41. The summed E-state index contributed by atoms with van der Waals surface area (Å²) in [6.45, 7) is 6.87. The number of carbonyl (C=O) groups excluding carboxylic acids is 1. The summed E-state index contributed by atoms with van der Waals surface area (Å²) in [5.74, 6) is -0.0334. The number of methoxy groups -OCH3 is 1. The highest BCUT2D eigenvalue weighted by Crippen LogP contribution is 2.61. The molecule has 1 aromatic rings. The molecule has 0 aromatic heterocycles. The summed E-state index contributed by atoms with van der Waals surface area (Å²) < 4.78 is 11.3. The molecule has 0 unspecified atom stereocenters. The molecule has 5 nitrogen and oxygen atoms in total. The molecule has 4 rings (SSSR count). The number of hydrogen-bond acceptors (Lipinski definition) is 4. The first-order valence-corrected chi connectivity index (χ1v) is 11.0. The molecule has 162 valence electrons. The summed E-state index contributed by atoms with van der Waals surface area (Å²) in [5, 5.41) is 8.83. The highest BCUT2D eigenvalue weighted by Gasteiger charge is 2.54. The van der Waals surface area contributed by atoms with E-state index in [1.54, 1.807) is 7.11 Å². The maximum atomic E-state index is 12.2. The highest BCUT2D eigenvalue weighted by atomic mass is 16.5. The van der Waals surface area contributed by atoms with Crippen molar-refractivity contribution in [3.8, 4) is 5.75 Å². The molecule has 0 aliphatic heterocycles. The predicted octanol–water partition coefficient (Wildman–Crippen LogP) is 5.12. The van der Waals surface area contributed by atoms with Gasteiger partial charge in [0.15, 0.2) is 0 Å². The third-order valence-electron chi connectivity index (χ3n) is 7.70. The topological polar surface area (TPSA) is 72.8 Å².